The van der Waals surface area contributed by atoms with Gasteiger partial charge in [-0.25, -0.2) is 0 Å². The van der Waals surface area contributed by atoms with Crippen molar-refractivity contribution in [3.05, 3.63) is 29.8 Å². The summed E-state index contributed by atoms with van der Waals surface area (Å²) in [6, 6.07) is 7.96. The summed E-state index contributed by atoms with van der Waals surface area (Å²) in [6.45, 7) is 6.13. The quantitative estimate of drug-likeness (QED) is 0.845. The fourth-order valence-electron chi connectivity index (χ4n) is 3.25. The predicted molar refractivity (Wildman–Crippen MR) is 96.3 cm³/mol. The van der Waals surface area contributed by atoms with Crippen molar-refractivity contribution in [3.63, 3.8) is 0 Å². The molecule has 2 fully saturated rings. The van der Waals surface area contributed by atoms with Gasteiger partial charge in [0.1, 0.15) is 0 Å². The van der Waals surface area contributed by atoms with Crippen LogP contribution in [0.25, 0.3) is 0 Å². The summed E-state index contributed by atoms with van der Waals surface area (Å²) >= 11 is 1.48. The number of piperazine rings is 1. The van der Waals surface area contributed by atoms with Gasteiger partial charge in [-0.15, -0.1) is 11.8 Å². The van der Waals surface area contributed by atoms with Crippen molar-refractivity contribution in [2.75, 3.05) is 38.5 Å². The standard InChI is InChI=1S/C18H25N3O2S/c1-14-12-21(11-8-19-14)18(23)15-6-2-3-7-16(15)24-13-17(22)20-9-4-5-10-20/h2-3,6-7,14,19H,4-5,8-13H2,1H3. The molecule has 1 atom stereocenters. The van der Waals surface area contributed by atoms with Crippen LogP contribution in [0.15, 0.2) is 29.2 Å². The molecule has 0 bridgehead atoms. The second kappa shape index (κ2) is 8.03. The third-order valence-corrected chi connectivity index (χ3v) is 5.64. The first-order valence-electron chi connectivity index (χ1n) is 8.67. The van der Waals surface area contributed by atoms with Crippen LogP contribution in [0, 0.1) is 0 Å². The largest absolute Gasteiger partial charge is 0.342 e. The fourth-order valence-corrected chi connectivity index (χ4v) is 4.20. The lowest BCUT2D eigenvalue weighted by atomic mass is 10.1. The Labute approximate surface area is 147 Å². The SMILES string of the molecule is CC1CN(C(=O)c2ccccc2SCC(=O)N2CCCC2)CCN1. The van der Waals surface area contributed by atoms with Gasteiger partial charge in [-0.05, 0) is 31.9 Å². The molecule has 2 aliphatic heterocycles. The Morgan fingerprint density at radius 3 is 2.67 bits per heavy atom. The van der Waals surface area contributed by atoms with E-state index in [1.54, 1.807) is 0 Å². The maximum atomic E-state index is 12.9. The highest BCUT2D eigenvalue weighted by molar-refractivity contribution is 8.00. The van der Waals surface area contributed by atoms with Crippen molar-refractivity contribution in [1.29, 1.82) is 0 Å². The van der Waals surface area contributed by atoms with Crippen molar-refractivity contribution < 1.29 is 9.59 Å². The number of nitrogens with one attached hydrogen (secondary N) is 1. The number of hydrogen-bond donors (Lipinski definition) is 1. The summed E-state index contributed by atoms with van der Waals surface area (Å²) in [5.74, 6) is 0.651. The van der Waals surface area contributed by atoms with E-state index in [4.69, 9.17) is 0 Å². The first-order chi connectivity index (χ1) is 11.6. The van der Waals surface area contributed by atoms with Gasteiger partial charge in [-0.3, -0.25) is 9.59 Å². The Hall–Kier alpha value is -1.53. The zero-order valence-corrected chi connectivity index (χ0v) is 15.0. The van der Waals surface area contributed by atoms with E-state index < -0.39 is 0 Å². The lowest BCUT2D eigenvalue weighted by Crippen LogP contribution is -2.51. The predicted octanol–water partition coefficient (Wildman–Crippen LogP) is 1.83. The number of likely N-dealkylation sites (tertiary alicyclic amines) is 1. The molecule has 1 N–H and O–H groups in total. The lowest BCUT2D eigenvalue weighted by molar-refractivity contribution is -0.127. The van der Waals surface area contributed by atoms with Crippen LogP contribution in [0.4, 0.5) is 0 Å². The van der Waals surface area contributed by atoms with Gasteiger partial charge in [-0.1, -0.05) is 12.1 Å². The maximum absolute atomic E-state index is 12.9. The molecule has 0 aromatic heterocycles. The molecule has 0 aliphatic carbocycles. The van der Waals surface area contributed by atoms with Crippen LogP contribution >= 0.6 is 11.8 Å². The van der Waals surface area contributed by atoms with Crippen LogP contribution < -0.4 is 5.32 Å². The lowest BCUT2D eigenvalue weighted by Gasteiger charge is -2.32. The highest BCUT2D eigenvalue weighted by Gasteiger charge is 2.24. The Morgan fingerprint density at radius 1 is 1.17 bits per heavy atom. The zero-order valence-electron chi connectivity index (χ0n) is 14.2. The van der Waals surface area contributed by atoms with Gasteiger partial charge in [-0.2, -0.15) is 0 Å². The number of rotatable bonds is 4. The molecular weight excluding hydrogens is 322 g/mol. The van der Waals surface area contributed by atoms with Crippen molar-refractivity contribution in [2.45, 2.75) is 30.7 Å². The minimum absolute atomic E-state index is 0.0695. The topological polar surface area (TPSA) is 52.7 Å². The molecular formula is C18H25N3O2S. The number of thioether (sulfide) groups is 1. The van der Waals surface area contributed by atoms with E-state index in [0.29, 0.717) is 17.4 Å². The molecule has 0 saturated carbocycles. The fraction of sp³-hybridized carbons (Fsp3) is 0.556. The van der Waals surface area contributed by atoms with E-state index >= 15 is 0 Å². The molecule has 6 heteroatoms. The van der Waals surface area contributed by atoms with Crippen LogP contribution in [0.2, 0.25) is 0 Å². The zero-order chi connectivity index (χ0) is 16.9. The molecule has 1 aromatic rings. The third-order valence-electron chi connectivity index (χ3n) is 4.58. The summed E-state index contributed by atoms with van der Waals surface area (Å²) in [7, 11) is 0. The average molecular weight is 347 g/mol. The summed E-state index contributed by atoms with van der Waals surface area (Å²) < 4.78 is 0. The number of nitrogens with zero attached hydrogens (tertiary/aromatic N) is 2. The van der Waals surface area contributed by atoms with E-state index in [9.17, 15) is 9.59 Å². The number of benzene rings is 1. The van der Waals surface area contributed by atoms with Crippen LogP contribution in [-0.2, 0) is 4.79 Å². The average Bonchev–Trinajstić information content (AvgIpc) is 3.14. The van der Waals surface area contributed by atoms with Crippen LogP contribution in [0.3, 0.4) is 0 Å². The van der Waals surface area contributed by atoms with Crippen LogP contribution in [-0.4, -0.2) is 66.1 Å². The normalized spacial score (nSPS) is 21.1. The number of amides is 2. The van der Waals surface area contributed by atoms with E-state index in [1.165, 1.54) is 11.8 Å². The molecule has 1 unspecified atom stereocenters. The van der Waals surface area contributed by atoms with Gasteiger partial charge in [0.05, 0.1) is 11.3 Å². The number of hydrogen-bond acceptors (Lipinski definition) is 4. The van der Waals surface area contributed by atoms with Crippen molar-refractivity contribution >= 4 is 23.6 Å². The second-order valence-electron chi connectivity index (χ2n) is 6.48. The highest BCUT2D eigenvalue weighted by atomic mass is 32.2. The van der Waals surface area contributed by atoms with Gasteiger partial charge in [0, 0.05) is 43.7 Å². The van der Waals surface area contributed by atoms with Gasteiger partial charge in [0.2, 0.25) is 5.91 Å². The Kier molecular flexibility index (Phi) is 5.79. The van der Waals surface area contributed by atoms with Gasteiger partial charge in [0.15, 0.2) is 0 Å². The first-order valence-corrected chi connectivity index (χ1v) is 9.66. The minimum Gasteiger partial charge on any atom is -0.342 e. The van der Waals surface area contributed by atoms with Crippen molar-refractivity contribution in [2.24, 2.45) is 0 Å². The maximum Gasteiger partial charge on any atom is 0.255 e. The Balaban J connectivity index is 1.66. The van der Waals surface area contributed by atoms with Crippen molar-refractivity contribution in [1.82, 2.24) is 15.1 Å². The molecule has 2 aliphatic rings. The Morgan fingerprint density at radius 2 is 1.92 bits per heavy atom. The van der Waals surface area contributed by atoms with Crippen LogP contribution in [0.5, 0.6) is 0 Å². The monoisotopic (exact) mass is 347 g/mol. The first kappa shape index (κ1) is 17.3. The van der Waals surface area contributed by atoms with Gasteiger partial charge >= 0.3 is 0 Å². The molecule has 2 heterocycles. The van der Waals surface area contributed by atoms with E-state index in [1.807, 2.05) is 34.1 Å². The molecule has 130 valence electrons. The summed E-state index contributed by atoms with van der Waals surface area (Å²) in [5, 5.41) is 3.35. The summed E-state index contributed by atoms with van der Waals surface area (Å²) in [6.07, 6.45) is 2.21. The highest BCUT2D eigenvalue weighted by Crippen LogP contribution is 2.25. The summed E-state index contributed by atoms with van der Waals surface area (Å²) in [5.41, 5.74) is 0.714. The molecule has 3 rings (SSSR count). The van der Waals surface area contributed by atoms with E-state index in [0.717, 1.165) is 50.5 Å². The van der Waals surface area contributed by atoms with Gasteiger partial charge in [0.25, 0.3) is 5.91 Å². The Bertz CT molecular complexity index is 602. The molecule has 2 saturated heterocycles. The smallest absolute Gasteiger partial charge is 0.255 e. The van der Waals surface area contributed by atoms with Gasteiger partial charge < -0.3 is 15.1 Å². The second-order valence-corrected chi connectivity index (χ2v) is 7.50. The van der Waals surface area contributed by atoms with Crippen LogP contribution in [0.1, 0.15) is 30.1 Å². The minimum atomic E-state index is 0.0695. The molecule has 5 nitrogen and oxygen atoms in total. The number of carbonyl (C=O) groups is 2. The molecule has 24 heavy (non-hydrogen) atoms. The summed E-state index contributed by atoms with van der Waals surface area (Å²) in [4.78, 5) is 29.8. The molecule has 1 aromatic carbocycles. The molecule has 0 radical (unpaired) electrons. The number of carbonyl (C=O) groups excluding carboxylic acids is 2. The third kappa shape index (κ3) is 4.11. The van der Waals surface area contributed by atoms with E-state index in [-0.39, 0.29) is 11.8 Å². The molecule has 2 amide bonds. The van der Waals surface area contributed by atoms with E-state index in [2.05, 4.69) is 12.2 Å². The molecule has 0 spiro atoms. The van der Waals surface area contributed by atoms with Crippen molar-refractivity contribution in [3.8, 4) is 0 Å².